The molecule has 0 radical (unpaired) electrons. The highest BCUT2D eigenvalue weighted by Gasteiger charge is 2.36. The number of carbonyl (C=O) groups excluding carboxylic acids is 3. The SMILES string of the molecule is Cc1cc(C)cc(NC(=O)CN2C(=O)S/C(=C/c3cccc(Oc4ccc(C(F)(F)F)cc4[N+](=O)[O-])c3)C2=O)c1. The lowest BCUT2D eigenvalue weighted by Gasteiger charge is -2.13. The van der Waals surface area contributed by atoms with E-state index in [-0.39, 0.29) is 10.7 Å². The quantitative estimate of drug-likeness (QED) is 0.190. The van der Waals surface area contributed by atoms with Crippen molar-refractivity contribution in [2.24, 2.45) is 0 Å². The van der Waals surface area contributed by atoms with Crippen molar-refractivity contribution in [1.82, 2.24) is 4.90 Å². The van der Waals surface area contributed by atoms with E-state index in [1.165, 1.54) is 24.3 Å². The molecular formula is C27H20F3N3O6S. The normalized spacial score (nSPS) is 14.5. The molecule has 0 aliphatic carbocycles. The molecule has 0 unspecified atom stereocenters. The maximum atomic E-state index is 13.0. The number of nitro groups is 1. The molecule has 0 aromatic heterocycles. The molecule has 1 heterocycles. The van der Waals surface area contributed by atoms with Gasteiger partial charge in [0.25, 0.3) is 11.1 Å². The van der Waals surface area contributed by atoms with Crippen molar-refractivity contribution in [2.75, 3.05) is 11.9 Å². The van der Waals surface area contributed by atoms with Gasteiger partial charge in [-0.15, -0.1) is 0 Å². The Morgan fingerprint density at radius 2 is 1.77 bits per heavy atom. The lowest BCUT2D eigenvalue weighted by atomic mass is 10.1. The molecule has 206 valence electrons. The summed E-state index contributed by atoms with van der Waals surface area (Å²) in [7, 11) is 0. The second kappa shape index (κ2) is 11.2. The number of aryl methyl sites for hydroxylation is 2. The molecule has 1 aliphatic rings. The molecule has 9 nitrogen and oxygen atoms in total. The topological polar surface area (TPSA) is 119 Å². The van der Waals surface area contributed by atoms with Crippen LogP contribution in [-0.2, 0) is 15.8 Å². The van der Waals surface area contributed by atoms with E-state index >= 15 is 0 Å². The first-order valence-electron chi connectivity index (χ1n) is 11.6. The minimum absolute atomic E-state index is 0.0295. The fourth-order valence-electron chi connectivity index (χ4n) is 3.90. The van der Waals surface area contributed by atoms with Crippen LogP contribution in [0.4, 0.5) is 29.3 Å². The van der Waals surface area contributed by atoms with E-state index < -0.39 is 51.7 Å². The van der Waals surface area contributed by atoms with Gasteiger partial charge in [0, 0.05) is 11.8 Å². The van der Waals surface area contributed by atoms with Gasteiger partial charge in [-0.2, -0.15) is 13.2 Å². The molecule has 40 heavy (non-hydrogen) atoms. The molecule has 3 aromatic carbocycles. The van der Waals surface area contributed by atoms with E-state index in [9.17, 15) is 37.7 Å². The van der Waals surface area contributed by atoms with Crippen LogP contribution < -0.4 is 10.1 Å². The van der Waals surface area contributed by atoms with Gasteiger partial charge in [0.2, 0.25) is 11.7 Å². The Hall–Kier alpha value is -4.65. The summed E-state index contributed by atoms with van der Waals surface area (Å²) in [5.74, 6) is -1.61. The summed E-state index contributed by atoms with van der Waals surface area (Å²) in [6.07, 6.45) is -3.40. The predicted octanol–water partition coefficient (Wildman–Crippen LogP) is 6.70. The van der Waals surface area contributed by atoms with Crippen LogP contribution in [0.15, 0.2) is 65.6 Å². The molecule has 1 fully saturated rings. The number of hydrogen-bond acceptors (Lipinski definition) is 7. The van der Waals surface area contributed by atoms with E-state index in [0.29, 0.717) is 35.1 Å². The van der Waals surface area contributed by atoms with Crippen molar-refractivity contribution in [2.45, 2.75) is 20.0 Å². The van der Waals surface area contributed by atoms with Gasteiger partial charge in [-0.1, -0.05) is 18.2 Å². The Morgan fingerprint density at radius 1 is 1.07 bits per heavy atom. The van der Waals surface area contributed by atoms with Gasteiger partial charge in [0.1, 0.15) is 12.3 Å². The maximum Gasteiger partial charge on any atom is 0.416 e. The van der Waals surface area contributed by atoms with E-state index in [0.717, 1.165) is 22.1 Å². The predicted molar refractivity (Wildman–Crippen MR) is 142 cm³/mol. The number of hydrogen-bond donors (Lipinski definition) is 1. The Labute approximate surface area is 229 Å². The van der Waals surface area contributed by atoms with E-state index in [2.05, 4.69) is 5.32 Å². The van der Waals surface area contributed by atoms with Crippen LogP contribution in [-0.4, -0.2) is 33.4 Å². The number of imide groups is 1. The largest absolute Gasteiger partial charge is 0.450 e. The van der Waals surface area contributed by atoms with Crippen molar-refractivity contribution >= 4 is 46.3 Å². The second-order valence-electron chi connectivity index (χ2n) is 8.80. The Balaban J connectivity index is 1.49. The molecule has 0 bridgehead atoms. The molecular weight excluding hydrogens is 551 g/mol. The Bertz CT molecular complexity index is 1550. The Morgan fingerprint density at radius 3 is 2.42 bits per heavy atom. The monoisotopic (exact) mass is 571 g/mol. The number of nitro benzene ring substituents is 1. The van der Waals surface area contributed by atoms with Crippen LogP contribution >= 0.6 is 11.8 Å². The van der Waals surface area contributed by atoms with Gasteiger partial charge >= 0.3 is 11.9 Å². The van der Waals surface area contributed by atoms with Crippen LogP contribution in [0.3, 0.4) is 0 Å². The summed E-state index contributed by atoms with van der Waals surface area (Å²) in [6, 6.07) is 13.2. The van der Waals surface area contributed by atoms with Gasteiger partial charge in [-0.3, -0.25) is 29.4 Å². The van der Waals surface area contributed by atoms with Crippen molar-refractivity contribution in [3.05, 3.63) is 97.9 Å². The smallest absolute Gasteiger partial charge is 0.416 e. The number of rotatable bonds is 7. The van der Waals surface area contributed by atoms with Gasteiger partial charge < -0.3 is 10.1 Å². The molecule has 0 atom stereocenters. The number of carbonyl (C=O) groups is 3. The maximum absolute atomic E-state index is 13.0. The van der Waals surface area contributed by atoms with Crippen LogP contribution in [0.2, 0.25) is 0 Å². The summed E-state index contributed by atoms with van der Waals surface area (Å²) in [4.78, 5) is 49.0. The van der Waals surface area contributed by atoms with E-state index in [1.807, 2.05) is 19.9 Å². The number of nitrogens with one attached hydrogen (secondary N) is 1. The molecule has 3 aromatic rings. The number of nitrogens with zero attached hydrogens (tertiary/aromatic N) is 2. The molecule has 4 rings (SSSR count). The molecule has 3 amide bonds. The minimum Gasteiger partial charge on any atom is -0.450 e. The summed E-state index contributed by atoms with van der Waals surface area (Å²) >= 11 is 0.632. The second-order valence-corrected chi connectivity index (χ2v) is 9.80. The zero-order valence-corrected chi connectivity index (χ0v) is 21.8. The van der Waals surface area contributed by atoms with Gasteiger partial charge in [0.15, 0.2) is 0 Å². The summed E-state index contributed by atoms with van der Waals surface area (Å²) < 4.78 is 44.4. The number of benzene rings is 3. The molecule has 0 saturated carbocycles. The summed E-state index contributed by atoms with van der Waals surface area (Å²) in [5.41, 5.74) is 0.707. The third-order valence-electron chi connectivity index (χ3n) is 5.55. The summed E-state index contributed by atoms with van der Waals surface area (Å²) in [6.45, 7) is 3.25. The third kappa shape index (κ3) is 6.67. The molecule has 0 spiro atoms. The van der Waals surface area contributed by atoms with Crippen molar-refractivity contribution in [3.8, 4) is 11.5 Å². The first kappa shape index (κ1) is 28.4. The average molecular weight is 572 g/mol. The van der Waals surface area contributed by atoms with Crippen molar-refractivity contribution in [1.29, 1.82) is 0 Å². The van der Waals surface area contributed by atoms with E-state index in [1.54, 1.807) is 18.2 Å². The van der Waals surface area contributed by atoms with E-state index in [4.69, 9.17) is 4.74 Å². The van der Waals surface area contributed by atoms with Crippen LogP contribution in [0.5, 0.6) is 11.5 Å². The number of ether oxygens (including phenoxy) is 1. The van der Waals surface area contributed by atoms with Gasteiger partial charge in [-0.25, -0.2) is 0 Å². The highest BCUT2D eigenvalue weighted by atomic mass is 32.2. The average Bonchev–Trinajstić information content (AvgIpc) is 3.10. The molecule has 13 heteroatoms. The highest BCUT2D eigenvalue weighted by molar-refractivity contribution is 8.18. The number of thioether (sulfide) groups is 1. The zero-order chi connectivity index (χ0) is 29.2. The number of alkyl halides is 3. The van der Waals surface area contributed by atoms with Crippen LogP contribution in [0.25, 0.3) is 6.08 Å². The third-order valence-corrected chi connectivity index (χ3v) is 6.45. The van der Waals surface area contributed by atoms with Gasteiger partial charge in [0.05, 0.1) is 15.4 Å². The molecule has 1 aliphatic heterocycles. The standard InChI is InChI=1S/C27H20F3N3O6S/c1-15-8-16(2)10-19(9-15)31-24(34)14-32-25(35)23(40-26(32)36)12-17-4-3-5-20(11-17)39-22-7-6-18(27(28,29)30)13-21(22)33(37)38/h3-13H,14H2,1-2H3,(H,31,34)/b23-12+. The lowest BCUT2D eigenvalue weighted by molar-refractivity contribution is -0.385. The number of anilines is 1. The highest BCUT2D eigenvalue weighted by Crippen LogP contribution is 2.38. The van der Waals surface area contributed by atoms with Crippen LogP contribution in [0, 0.1) is 24.0 Å². The first-order valence-corrected chi connectivity index (χ1v) is 12.4. The molecule has 1 saturated heterocycles. The number of halogens is 3. The summed E-state index contributed by atoms with van der Waals surface area (Å²) in [5, 5.41) is 13.4. The fourth-order valence-corrected chi connectivity index (χ4v) is 4.73. The zero-order valence-electron chi connectivity index (χ0n) is 20.9. The fraction of sp³-hybridized carbons (Fsp3) is 0.148. The molecule has 1 N–H and O–H groups in total. The Kier molecular flexibility index (Phi) is 7.96. The van der Waals surface area contributed by atoms with Gasteiger partial charge in [-0.05, 0) is 84.8 Å². The minimum atomic E-state index is -4.77. The van der Waals surface area contributed by atoms with Crippen molar-refractivity contribution in [3.63, 3.8) is 0 Å². The van der Waals surface area contributed by atoms with Crippen molar-refractivity contribution < 1.29 is 37.2 Å². The first-order chi connectivity index (χ1) is 18.8. The lowest BCUT2D eigenvalue weighted by Crippen LogP contribution is -2.36. The van der Waals surface area contributed by atoms with Crippen LogP contribution in [0.1, 0.15) is 22.3 Å². The number of amides is 3.